The highest BCUT2D eigenvalue weighted by Crippen LogP contribution is 1.92. The van der Waals surface area contributed by atoms with E-state index in [1.807, 2.05) is 45.9 Å². The highest BCUT2D eigenvalue weighted by atomic mass is 14.5. The van der Waals surface area contributed by atoms with Gasteiger partial charge in [0.15, 0.2) is 0 Å². The summed E-state index contributed by atoms with van der Waals surface area (Å²) in [5.74, 6) is 0. The molecular weight excluding hydrogens is 134 g/mol. The SMILES string of the molecule is C=C(C)/C=C\C(N)=C/C.CC. The molecule has 0 aliphatic rings. The van der Waals surface area contributed by atoms with Gasteiger partial charge in [-0.05, 0) is 19.9 Å². The minimum atomic E-state index is 0.776. The largest absolute Gasteiger partial charge is 0.399 e. The third-order valence-electron chi connectivity index (χ3n) is 0.894. The third-order valence-corrected chi connectivity index (χ3v) is 0.894. The second-order valence-corrected chi connectivity index (χ2v) is 1.97. The average molecular weight is 153 g/mol. The fourth-order valence-corrected chi connectivity index (χ4v) is 0.335. The van der Waals surface area contributed by atoms with E-state index in [0.29, 0.717) is 0 Å². The van der Waals surface area contributed by atoms with Crippen molar-refractivity contribution in [2.45, 2.75) is 27.7 Å². The van der Waals surface area contributed by atoms with Crippen LogP contribution in [0.2, 0.25) is 0 Å². The first-order valence-electron chi connectivity index (χ1n) is 3.92. The lowest BCUT2D eigenvalue weighted by atomic mass is 10.3. The van der Waals surface area contributed by atoms with Crippen LogP contribution in [-0.4, -0.2) is 0 Å². The molecule has 0 rings (SSSR count). The van der Waals surface area contributed by atoms with E-state index in [2.05, 4.69) is 6.58 Å². The highest BCUT2D eigenvalue weighted by Gasteiger charge is 1.76. The van der Waals surface area contributed by atoms with Crippen LogP contribution in [0.5, 0.6) is 0 Å². The summed E-state index contributed by atoms with van der Waals surface area (Å²) in [6, 6.07) is 0. The standard InChI is InChI=1S/C8H13N.C2H6/c1-4-8(9)6-5-7(2)3;1-2/h4-6H,2,9H2,1,3H3;1-2H3/b6-5-,8-4+;. The maximum absolute atomic E-state index is 5.45. The van der Waals surface area contributed by atoms with Gasteiger partial charge in [-0.15, -0.1) is 0 Å². The Hall–Kier alpha value is -0.980. The summed E-state index contributed by atoms with van der Waals surface area (Å²) in [7, 11) is 0. The Morgan fingerprint density at radius 1 is 1.27 bits per heavy atom. The average Bonchev–Trinajstić information content (AvgIpc) is 2.04. The van der Waals surface area contributed by atoms with E-state index in [-0.39, 0.29) is 0 Å². The van der Waals surface area contributed by atoms with Crippen LogP contribution in [0.3, 0.4) is 0 Å². The highest BCUT2D eigenvalue weighted by molar-refractivity contribution is 5.22. The maximum atomic E-state index is 5.45. The lowest BCUT2D eigenvalue weighted by Gasteiger charge is -1.87. The van der Waals surface area contributed by atoms with Gasteiger partial charge < -0.3 is 5.73 Å². The third kappa shape index (κ3) is 12.3. The number of nitrogens with two attached hydrogens (primary N) is 1. The summed E-state index contributed by atoms with van der Waals surface area (Å²) in [5.41, 5.74) is 7.24. The summed E-state index contributed by atoms with van der Waals surface area (Å²) in [4.78, 5) is 0. The fourth-order valence-electron chi connectivity index (χ4n) is 0.335. The first-order chi connectivity index (χ1) is 5.16. The van der Waals surface area contributed by atoms with Crippen molar-refractivity contribution in [3.05, 3.63) is 36.1 Å². The van der Waals surface area contributed by atoms with Gasteiger partial charge in [0.25, 0.3) is 0 Å². The Labute approximate surface area is 70.3 Å². The van der Waals surface area contributed by atoms with Gasteiger partial charge in [-0.2, -0.15) is 0 Å². The van der Waals surface area contributed by atoms with E-state index < -0.39 is 0 Å². The summed E-state index contributed by atoms with van der Waals surface area (Å²) in [6.45, 7) is 11.5. The first kappa shape index (κ1) is 12.7. The van der Waals surface area contributed by atoms with Crippen molar-refractivity contribution in [1.29, 1.82) is 0 Å². The van der Waals surface area contributed by atoms with Crippen molar-refractivity contribution < 1.29 is 0 Å². The van der Waals surface area contributed by atoms with E-state index in [9.17, 15) is 0 Å². The molecule has 11 heavy (non-hydrogen) atoms. The first-order valence-corrected chi connectivity index (χ1v) is 3.92. The molecular formula is C10H19N. The Bertz CT molecular complexity index is 152. The van der Waals surface area contributed by atoms with E-state index >= 15 is 0 Å². The van der Waals surface area contributed by atoms with E-state index in [1.54, 1.807) is 0 Å². The van der Waals surface area contributed by atoms with Crippen LogP contribution < -0.4 is 5.73 Å². The van der Waals surface area contributed by atoms with Crippen LogP contribution in [0, 0.1) is 0 Å². The molecule has 0 saturated carbocycles. The van der Waals surface area contributed by atoms with Crippen LogP contribution in [0.15, 0.2) is 36.1 Å². The second kappa shape index (κ2) is 9.02. The normalized spacial score (nSPS) is 10.7. The summed E-state index contributed by atoms with van der Waals surface area (Å²) in [5, 5.41) is 0. The van der Waals surface area contributed by atoms with Gasteiger partial charge in [0.05, 0.1) is 0 Å². The molecule has 2 N–H and O–H groups in total. The fraction of sp³-hybridized carbons (Fsp3) is 0.400. The molecule has 0 radical (unpaired) electrons. The van der Waals surface area contributed by atoms with Crippen LogP contribution in [0.1, 0.15) is 27.7 Å². The molecule has 0 aliphatic carbocycles. The molecule has 1 heteroatoms. The molecule has 0 aliphatic heterocycles. The maximum Gasteiger partial charge on any atom is 0.0270 e. The minimum Gasteiger partial charge on any atom is -0.399 e. The number of hydrogen-bond acceptors (Lipinski definition) is 1. The topological polar surface area (TPSA) is 26.0 Å². The van der Waals surface area contributed by atoms with Gasteiger partial charge in [-0.3, -0.25) is 0 Å². The summed E-state index contributed by atoms with van der Waals surface area (Å²) in [6.07, 6.45) is 5.57. The molecule has 0 aromatic heterocycles. The molecule has 1 nitrogen and oxygen atoms in total. The Balaban J connectivity index is 0. The van der Waals surface area contributed by atoms with Gasteiger partial charge in [-0.25, -0.2) is 0 Å². The Kier molecular flexibility index (Phi) is 10.4. The number of allylic oxidation sites excluding steroid dienone is 4. The molecule has 0 bridgehead atoms. The van der Waals surface area contributed by atoms with Gasteiger partial charge in [0.1, 0.15) is 0 Å². The Morgan fingerprint density at radius 3 is 2.00 bits per heavy atom. The predicted octanol–water partition coefficient (Wildman–Crippen LogP) is 3.01. The molecule has 0 aromatic rings. The zero-order valence-corrected chi connectivity index (χ0v) is 8.02. The zero-order valence-electron chi connectivity index (χ0n) is 8.02. The van der Waals surface area contributed by atoms with E-state index in [4.69, 9.17) is 5.73 Å². The van der Waals surface area contributed by atoms with Crippen LogP contribution in [0.4, 0.5) is 0 Å². The lowest BCUT2D eigenvalue weighted by Crippen LogP contribution is -1.90. The van der Waals surface area contributed by atoms with Crippen LogP contribution >= 0.6 is 0 Å². The van der Waals surface area contributed by atoms with Crippen LogP contribution in [-0.2, 0) is 0 Å². The monoisotopic (exact) mass is 153 g/mol. The van der Waals surface area contributed by atoms with Crippen molar-refractivity contribution >= 4 is 0 Å². The zero-order chi connectivity index (χ0) is 9.28. The molecule has 0 heterocycles. The molecule has 0 saturated heterocycles. The molecule has 0 amide bonds. The van der Waals surface area contributed by atoms with Gasteiger partial charge in [0.2, 0.25) is 0 Å². The second-order valence-electron chi connectivity index (χ2n) is 1.97. The Morgan fingerprint density at radius 2 is 1.73 bits per heavy atom. The summed E-state index contributed by atoms with van der Waals surface area (Å²) >= 11 is 0. The van der Waals surface area contributed by atoms with Crippen LogP contribution in [0.25, 0.3) is 0 Å². The van der Waals surface area contributed by atoms with Gasteiger partial charge in [0, 0.05) is 5.70 Å². The summed E-state index contributed by atoms with van der Waals surface area (Å²) < 4.78 is 0. The quantitative estimate of drug-likeness (QED) is 0.606. The van der Waals surface area contributed by atoms with Crippen molar-refractivity contribution in [2.24, 2.45) is 5.73 Å². The van der Waals surface area contributed by atoms with Crippen molar-refractivity contribution in [2.75, 3.05) is 0 Å². The molecule has 0 fully saturated rings. The predicted molar refractivity (Wildman–Crippen MR) is 53.2 cm³/mol. The van der Waals surface area contributed by atoms with Crippen molar-refractivity contribution in [3.8, 4) is 0 Å². The minimum absolute atomic E-state index is 0.776. The smallest absolute Gasteiger partial charge is 0.0270 e. The lowest BCUT2D eigenvalue weighted by molar-refractivity contribution is 1.38. The van der Waals surface area contributed by atoms with E-state index in [0.717, 1.165) is 11.3 Å². The van der Waals surface area contributed by atoms with E-state index in [1.165, 1.54) is 0 Å². The molecule has 0 unspecified atom stereocenters. The molecule has 0 atom stereocenters. The molecule has 0 aromatic carbocycles. The molecule has 64 valence electrons. The van der Waals surface area contributed by atoms with Gasteiger partial charge >= 0.3 is 0 Å². The number of hydrogen-bond donors (Lipinski definition) is 1. The van der Waals surface area contributed by atoms with Crippen molar-refractivity contribution in [1.82, 2.24) is 0 Å². The van der Waals surface area contributed by atoms with Gasteiger partial charge in [-0.1, -0.05) is 38.2 Å². The number of rotatable bonds is 2. The molecule has 0 spiro atoms. The van der Waals surface area contributed by atoms with Crippen molar-refractivity contribution in [3.63, 3.8) is 0 Å².